The minimum Gasteiger partial charge on any atom is -0.469 e. The Labute approximate surface area is 143 Å². The zero-order valence-corrected chi connectivity index (χ0v) is 14.5. The van der Waals surface area contributed by atoms with Crippen molar-refractivity contribution >= 4 is 32.7 Å². The van der Waals surface area contributed by atoms with Gasteiger partial charge in [0.25, 0.3) is 0 Å². The van der Waals surface area contributed by atoms with E-state index >= 15 is 0 Å². The number of nitrogens with zero attached hydrogens (tertiary/aromatic N) is 1. The molecule has 0 bridgehead atoms. The van der Waals surface area contributed by atoms with Crippen molar-refractivity contribution in [2.24, 2.45) is 0 Å². The van der Waals surface area contributed by atoms with Gasteiger partial charge in [0, 0.05) is 47.0 Å². The molecule has 1 amide bonds. The molecule has 23 heavy (non-hydrogen) atoms. The van der Waals surface area contributed by atoms with Gasteiger partial charge in [-0.15, -0.1) is 0 Å². The topological polar surface area (TPSA) is 47.2 Å². The molecule has 5 heteroatoms. The number of fused-ring (bicyclic) bond motifs is 1. The van der Waals surface area contributed by atoms with Crippen molar-refractivity contribution in [3.05, 3.63) is 59.1 Å². The monoisotopic (exact) mass is 374 g/mol. The lowest BCUT2D eigenvalue weighted by molar-refractivity contribution is -0.121. The smallest absolute Gasteiger partial charge is 0.222 e. The molecule has 120 valence electrons. The number of hydrogen-bond acceptors (Lipinski definition) is 2. The first-order chi connectivity index (χ1) is 11.1. The van der Waals surface area contributed by atoms with Crippen LogP contribution in [0.1, 0.15) is 19.1 Å². The maximum Gasteiger partial charge on any atom is 0.222 e. The lowest BCUT2D eigenvalue weighted by Gasteiger charge is -2.13. The van der Waals surface area contributed by atoms with Gasteiger partial charge in [-0.05, 0) is 43.3 Å². The molecule has 3 rings (SSSR count). The van der Waals surface area contributed by atoms with Crippen LogP contribution < -0.4 is 5.32 Å². The molecule has 0 aliphatic carbocycles. The fourth-order valence-electron chi connectivity index (χ4n) is 2.72. The first-order valence-electron chi connectivity index (χ1n) is 7.68. The van der Waals surface area contributed by atoms with Crippen LogP contribution in [0.2, 0.25) is 0 Å². The molecule has 0 fully saturated rings. The number of aromatic nitrogens is 1. The lowest BCUT2D eigenvalue weighted by Crippen LogP contribution is -2.34. The van der Waals surface area contributed by atoms with E-state index in [0.29, 0.717) is 19.4 Å². The van der Waals surface area contributed by atoms with Gasteiger partial charge in [-0.3, -0.25) is 4.79 Å². The van der Waals surface area contributed by atoms with Crippen LogP contribution in [0.15, 0.2) is 57.7 Å². The molecule has 4 nitrogen and oxygen atoms in total. The number of hydrogen-bond donors (Lipinski definition) is 1. The Kier molecular flexibility index (Phi) is 4.86. The number of halogens is 1. The minimum atomic E-state index is 0.0583. The van der Waals surface area contributed by atoms with E-state index in [4.69, 9.17) is 4.42 Å². The van der Waals surface area contributed by atoms with Crippen molar-refractivity contribution in [1.29, 1.82) is 0 Å². The zero-order chi connectivity index (χ0) is 16.2. The van der Waals surface area contributed by atoms with Gasteiger partial charge < -0.3 is 14.3 Å². The Morgan fingerprint density at radius 1 is 1.35 bits per heavy atom. The van der Waals surface area contributed by atoms with Crippen molar-refractivity contribution in [3.63, 3.8) is 0 Å². The Hall–Kier alpha value is -2.01. The third-order valence-corrected chi connectivity index (χ3v) is 4.30. The molecular formula is C18H19BrN2O2. The molecule has 2 aromatic heterocycles. The van der Waals surface area contributed by atoms with Gasteiger partial charge in [-0.1, -0.05) is 15.9 Å². The molecular weight excluding hydrogens is 356 g/mol. The second-order valence-corrected chi connectivity index (χ2v) is 6.63. The highest BCUT2D eigenvalue weighted by Crippen LogP contribution is 2.21. The van der Waals surface area contributed by atoms with Gasteiger partial charge in [0.2, 0.25) is 5.91 Å². The van der Waals surface area contributed by atoms with Crippen molar-refractivity contribution in [1.82, 2.24) is 9.88 Å². The van der Waals surface area contributed by atoms with Gasteiger partial charge in [-0.2, -0.15) is 0 Å². The average Bonchev–Trinajstić information content (AvgIpc) is 3.14. The quantitative estimate of drug-likeness (QED) is 0.704. The van der Waals surface area contributed by atoms with E-state index in [0.717, 1.165) is 15.7 Å². The normalized spacial score (nSPS) is 12.4. The Morgan fingerprint density at radius 3 is 3.00 bits per heavy atom. The highest BCUT2D eigenvalue weighted by molar-refractivity contribution is 9.10. The summed E-state index contributed by atoms with van der Waals surface area (Å²) < 4.78 is 8.48. The van der Waals surface area contributed by atoms with Crippen LogP contribution in [0.3, 0.4) is 0 Å². The Morgan fingerprint density at radius 2 is 2.22 bits per heavy atom. The van der Waals surface area contributed by atoms with E-state index < -0.39 is 0 Å². The van der Waals surface area contributed by atoms with Crippen molar-refractivity contribution in [2.45, 2.75) is 32.4 Å². The number of furan rings is 1. The minimum absolute atomic E-state index is 0.0583. The highest BCUT2D eigenvalue weighted by atomic mass is 79.9. The fraction of sp³-hybridized carbons (Fsp3) is 0.278. The summed E-state index contributed by atoms with van der Waals surface area (Å²) in [7, 11) is 0. The number of benzene rings is 1. The molecule has 1 unspecified atom stereocenters. The van der Waals surface area contributed by atoms with Gasteiger partial charge in [0.05, 0.1) is 6.26 Å². The summed E-state index contributed by atoms with van der Waals surface area (Å²) in [6, 6.07) is 12.1. The van der Waals surface area contributed by atoms with Crippen molar-refractivity contribution in [3.8, 4) is 0 Å². The molecule has 0 saturated heterocycles. The largest absolute Gasteiger partial charge is 0.469 e. The second-order valence-electron chi connectivity index (χ2n) is 5.71. The molecule has 1 atom stereocenters. The number of amides is 1. The van der Waals surface area contributed by atoms with E-state index in [-0.39, 0.29) is 11.9 Å². The first-order valence-corrected chi connectivity index (χ1v) is 8.47. The van der Waals surface area contributed by atoms with Crippen LogP contribution in [-0.4, -0.2) is 16.5 Å². The van der Waals surface area contributed by atoms with E-state index in [1.165, 1.54) is 5.39 Å². The molecule has 0 aliphatic rings. The zero-order valence-electron chi connectivity index (χ0n) is 13.0. The predicted octanol–water partition coefficient (Wildman–Crippen LogP) is 4.13. The maximum absolute atomic E-state index is 12.1. The molecule has 1 N–H and O–H groups in total. The summed E-state index contributed by atoms with van der Waals surface area (Å²) in [5.41, 5.74) is 1.14. The number of rotatable bonds is 6. The molecule has 0 aliphatic heterocycles. The van der Waals surface area contributed by atoms with E-state index in [2.05, 4.69) is 44.0 Å². The molecule has 2 heterocycles. The SMILES string of the molecule is CC(Cc1ccco1)NC(=O)CCn1ccc2cc(Br)ccc21. The van der Waals surface area contributed by atoms with Crippen LogP contribution in [-0.2, 0) is 17.8 Å². The predicted molar refractivity (Wildman–Crippen MR) is 94.3 cm³/mol. The number of nitrogens with one attached hydrogen (secondary N) is 1. The number of carbonyl (C=O) groups is 1. The molecule has 0 spiro atoms. The summed E-state index contributed by atoms with van der Waals surface area (Å²) in [5, 5.41) is 4.19. The summed E-state index contributed by atoms with van der Waals surface area (Å²) in [4.78, 5) is 12.1. The van der Waals surface area contributed by atoms with Crippen LogP contribution in [0.25, 0.3) is 10.9 Å². The van der Waals surface area contributed by atoms with E-state index in [9.17, 15) is 4.79 Å². The van der Waals surface area contributed by atoms with Crippen LogP contribution in [0.4, 0.5) is 0 Å². The van der Waals surface area contributed by atoms with Crippen LogP contribution in [0, 0.1) is 0 Å². The summed E-state index contributed by atoms with van der Waals surface area (Å²) in [6.45, 7) is 2.66. The first kappa shape index (κ1) is 15.9. The van der Waals surface area contributed by atoms with Crippen LogP contribution >= 0.6 is 15.9 Å². The Balaban J connectivity index is 1.53. The fourth-order valence-corrected chi connectivity index (χ4v) is 3.10. The van der Waals surface area contributed by atoms with Crippen molar-refractivity contribution < 1.29 is 9.21 Å². The summed E-state index contributed by atoms with van der Waals surface area (Å²) in [5.74, 6) is 0.947. The highest BCUT2D eigenvalue weighted by Gasteiger charge is 2.10. The lowest BCUT2D eigenvalue weighted by atomic mass is 10.2. The Bertz CT molecular complexity index is 793. The van der Waals surface area contributed by atoms with Gasteiger partial charge in [-0.25, -0.2) is 0 Å². The molecule has 0 radical (unpaired) electrons. The maximum atomic E-state index is 12.1. The third kappa shape index (κ3) is 4.05. The van der Waals surface area contributed by atoms with E-state index in [1.807, 2.05) is 31.3 Å². The average molecular weight is 375 g/mol. The number of carbonyl (C=O) groups excluding carboxylic acids is 1. The number of aryl methyl sites for hydroxylation is 1. The van der Waals surface area contributed by atoms with E-state index in [1.54, 1.807) is 6.26 Å². The van der Waals surface area contributed by atoms with Gasteiger partial charge in [0.15, 0.2) is 0 Å². The second kappa shape index (κ2) is 7.04. The molecule has 3 aromatic rings. The molecule has 1 aromatic carbocycles. The summed E-state index contributed by atoms with van der Waals surface area (Å²) in [6.07, 6.45) is 4.84. The van der Waals surface area contributed by atoms with Gasteiger partial charge in [0.1, 0.15) is 5.76 Å². The third-order valence-electron chi connectivity index (χ3n) is 3.81. The van der Waals surface area contributed by atoms with Gasteiger partial charge >= 0.3 is 0 Å². The standard InChI is InChI=1S/C18H19BrN2O2/c1-13(11-16-3-2-10-23-16)20-18(22)7-9-21-8-6-14-12-15(19)4-5-17(14)21/h2-6,8,10,12-13H,7,9,11H2,1H3,(H,20,22). The van der Waals surface area contributed by atoms with Crippen molar-refractivity contribution in [2.75, 3.05) is 0 Å². The molecule has 0 saturated carbocycles. The van der Waals surface area contributed by atoms with Crippen LogP contribution in [0.5, 0.6) is 0 Å². The summed E-state index contributed by atoms with van der Waals surface area (Å²) >= 11 is 3.47.